The van der Waals surface area contributed by atoms with E-state index in [0.29, 0.717) is 12.4 Å². The summed E-state index contributed by atoms with van der Waals surface area (Å²) in [5.41, 5.74) is 8.63. The fourth-order valence-corrected chi connectivity index (χ4v) is 2.24. The van der Waals surface area contributed by atoms with E-state index >= 15 is 0 Å². The molecule has 0 aliphatic carbocycles. The minimum absolute atomic E-state index is 0.464. The lowest BCUT2D eigenvalue weighted by Crippen LogP contribution is -1.95. The highest BCUT2D eigenvalue weighted by Crippen LogP contribution is 2.27. The van der Waals surface area contributed by atoms with Crippen LogP contribution in [0.4, 0.5) is 5.82 Å². The van der Waals surface area contributed by atoms with E-state index < -0.39 is 0 Å². The van der Waals surface area contributed by atoms with Crippen LogP contribution < -0.4 is 5.73 Å². The number of pyridine rings is 2. The predicted octanol–water partition coefficient (Wildman–Crippen LogP) is 3.02. The number of fused-ring (bicyclic) bond motifs is 3. The van der Waals surface area contributed by atoms with Gasteiger partial charge in [0.1, 0.15) is 5.52 Å². The van der Waals surface area contributed by atoms with Crippen molar-refractivity contribution in [2.45, 2.75) is 0 Å². The van der Waals surface area contributed by atoms with Gasteiger partial charge in [0.2, 0.25) is 0 Å². The molecule has 0 atom stereocenters. The van der Waals surface area contributed by atoms with E-state index in [1.807, 2.05) is 36.4 Å². The molecule has 0 amide bonds. The lowest BCUT2D eigenvalue weighted by Gasteiger charge is -2.06. The number of nitrogen functional groups attached to an aromatic ring is 1. The van der Waals surface area contributed by atoms with Crippen LogP contribution in [0.5, 0.6) is 0 Å². The van der Waals surface area contributed by atoms with Gasteiger partial charge >= 0.3 is 0 Å². The van der Waals surface area contributed by atoms with Crippen LogP contribution >= 0.6 is 0 Å². The van der Waals surface area contributed by atoms with Gasteiger partial charge in [-0.3, -0.25) is 4.98 Å². The summed E-state index contributed by atoms with van der Waals surface area (Å²) in [5.74, 6) is 0.464. The van der Waals surface area contributed by atoms with Gasteiger partial charge < -0.3 is 10.5 Å². The van der Waals surface area contributed by atoms with E-state index in [2.05, 4.69) is 16.0 Å². The first-order valence-electron chi connectivity index (χ1n) is 6.39. The molecule has 4 nitrogen and oxygen atoms in total. The van der Waals surface area contributed by atoms with Crippen molar-refractivity contribution in [3.8, 4) is 0 Å². The average molecular weight is 265 g/mol. The number of rotatable bonds is 3. The number of ether oxygens (including phenoxy) is 1. The van der Waals surface area contributed by atoms with Gasteiger partial charge in [-0.2, -0.15) is 0 Å². The smallest absolute Gasteiger partial charge is 0.150 e. The third-order valence-electron chi connectivity index (χ3n) is 3.16. The average Bonchev–Trinajstić information content (AvgIpc) is 2.48. The van der Waals surface area contributed by atoms with E-state index in [-0.39, 0.29) is 0 Å². The summed E-state index contributed by atoms with van der Waals surface area (Å²) in [6.07, 6.45) is 5.73. The number of para-hydroxylation sites is 1. The first kappa shape index (κ1) is 12.6. The summed E-state index contributed by atoms with van der Waals surface area (Å²) in [6.45, 7) is 0.581. The number of aromatic nitrogens is 2. The van der Waals surface area contributed by atoms with E-state index in [1.165, 1.54) is 0 Å². The number of benzene rings is 1. The second kappa shape index (κ2) is 5.27. The normalized spacial score (nSPS) is 11.7. The third kappa shape index (κ3) is 2.21. The highest BCUT2D eigenvalue weighted by Gasteiger charge is 2.07. The molecule has 4 heteroatoms. The molecule has 2 heterocycles. The van der Waals surface area contributed by atoms with Gasteiger partial charge in [-0.1, -0.05) is 30.4 Å². The van der Waals surface area contributed by atoms with Crippen LogP contribution in [0.2, 0.25) is 0 Å². The summed E-state index contributed by atoms with van der Waals surface area (Å²) in [4.78, 5) is 8.82. The molecule has 0 saturated carbocycles. The summed E-state index contributed by atoms with van der Waals surface area (Å²) in [7, 11) is 1.67. The van der Waals surface area contributed by atoms with Gasteiger partial charge in [0.05, 0.1) is 12.1 Å². The second-order valence-corrected chi connectivity index (χ2v) is 4.54. The lowest BCUT2D eigenvalue weighted by molar-refractivity contribution is 0.234. The van der Waals surface area contributed by atoms with Gasteiger partial charge in [-0.05, 0) is 17.7 Å². The molecule has 3 aromatic rings. The van der Waals surface area contributed by atoms with Crippen molar-refractivity contribution in [1.82, 2.24) is 9.97 Å². The summed E-state index contributed by atoms with van der Waals surface area (Å²) >= 11 is 0. The Balaban J connectivity index is 2.23. The predicted molar refractivity (Wildman–Crippen MR) is 82.4 cm³/mol. The maximum atomic E-state index is 5.98. The minimum atomic E-state index is 0.464. The van der Waals surface area contributed by atoms with Crippen LogP contribution in [0.15, 0.2) is 42.6 Å². The Morgan fingerprint density at radius 1 is 1.25 bits per heavy atom. The van der Waals surface area contributed by atoms with E-state index in [9.17, 15) is 0 Å². The maximum Gasteiger partial charge on any atom is 0.150 e. The number of methoxy groups -OCH3 is 1. The third-order valence-corrected chi connectivity index (χ3v) is 3.16. The fraction of sp³-hybridized carbons (Fsp3) is 0.125. The van der Waals surface area contributed by atoms with E-state index in [4.69, 9.17) is 10.5 Å². The molecule has 2 aromatic heterocycles. The van der Waals surface area contributed by atoms with Crippen molar-refractivity contribution in [2.75, 3.05) is 19.5 Å². The van der Waals surface area contributed by atoms with Crippen molar-refractivity contribution in [1.29, 1.82) is 0 Å². The zero-order chi connectivity index (χ0) is 13.9. The van der Waals surface area contributed by atoms with Crippen molar-refractivity contribution in [3.05, 3.63) is 48.2 Å². The van der Waals surface area contributed by atoms with Crippen molar-refractivity contribution < 1.29 is 4.74 Å². The molecule has 0 fully saturated rings. The molecule has 0 aliphatic rings. The molecule has 0 unspecified atom stereocenters. The zero-order valence-electron chi connectivity index (χ0n) is 11.2. The molecule has 0 bridgehead atoms. The minimum Gasteiger partial charge on any atom is -0.382 e. The van der Waals surface area contributed by atoms with Gasteiger partial charge in [0.25, 0.3) is 0 Å². The number of anilines is 1. The van der Waals surface area contributed by atoms with Crippen molar-refractivity contribution in [2.24, 2.45) is 0 Å². The summed E-state index contributed by atoms with van der Waals surface area (Å²) in [5, 5.41) is 2.08. The van der Waals surface area contributed by atoms with Crippen LogP contribution in [-0.4, -0.2) is 23.7 Å². The Labute approximate surface area is 116 Å². The molecule has 0 radical (unpaired) electrons. The fourth-order valence-electron chi connectivity index (χ4n) is 2.24. The lowest BCUT2D eigenvalue weighted by atomic mass is 10.1. The Bertz CT molecular complexity index is 796. The number of hydrogen-bond donors (Lipinski definition) is 1. The molecule has 1 aromatic carbocycles. The van der Waals surface area contributed by atoms with Gasteiger partial charge in [0, 0.05) is 24.1 Å². The molecule has 2 N–H and O–H groups in total. The topological polar surface area (TPSA) is 61.0 Å². The van der Waals surface area contributed by atoms with E-state index in [0.717, 1.165) is 27.4 Å². The SMILES string of the molecule is COCC=Cc1cnc2c(N)nc3ccccc3c2c1. The van der Waals surface area contributed by atoms with Crippen LogP contribution in [0.3, 0.4) is 0 Å². The highest BCUT2D eigenvalue weighted by molar-refractivity contribution is 6.08. The molecule has 0 spiro atoms. The maximum absolute atomic E-state index is 5.98. The highest BCUT2D eigenvalue weighted by atomic mass is 16.5. The van der Waals surface area contributed by atoms with Gasteiger partial charge in [-0.15, -0.1) is 0 Å². The molecular formula is C16H15N3O. The Morgan fingerprint density at radius 3 is 2.95 bits per heavy atom. The second-order valence-electron chi connectivity index (χ2n) is 4.54. The van der Waals surface area contributed by atoms with Crippen molar-refractivity contribution >= 4 is 33.7 Å². The Kier molecular flexibility index (Phi) is 3.31. The largest absolute Gasteiger partial charge is 0.382 e. The van der Waals surface area contributed by atoms with Crippen LogP contribution in [0, 0.1) is 0 Å². The van der Waals surface area contributed by atoms with Crippen LogP contribution in [0.1, 0.15) is 5.56 Å². The zero-order valence-corrected chi connectivity index (χ0v) is 11.2. The first-order valence-corrected chi connectivity index (χ1v) is 6.39. The van der Waals surface area contributed by atoms with E-state index in [1.54, 1.807) is 13.3 Å². The van der Waals surface area contributed by atoms with Gasteiger partial charge in [0.15, 0.2) is 5.82 Å². The quantitative estimate of drug-likeness (QED) is 0.739. The van der Waals surface area contributed by atoms with Crippen molar-refractivity contribution in [3.63, 3.8) is 0 Å². The number of hydrogen-bond acceptors (Lipinski definition) is 4. The molecule has 0 aliphatic heterocycles. The van der Waals surface area contributed by atoms with Gasteiger partial charge in [-0.25, -0.2) is 4.98 Å². The standard InChI is InChI=1S/C16H15N3O/c1-20-8-4-5-11-9-13-12-6-2-3-7-14(12)19-16(17)15(13)18-10-11/h2-7,9-10H,8H2,1H3,(H2,17,19). The number of nitrogens with zero attached hydrogens (tertiary/aromatic N) is 2. The Morgan fingerprint density at radius 2 is 2.10 bits per heavy atom. The van der Waals surface area contributed by atoms with Crippen LogP contribution in [0.25, 0.3) is 27.9 Å². The number of nitrogens with two attached hydrogens (primary N) is 1. The summed E-state index contributed by atoms with van der Waals surface area (Å²) in [6, 6.07) is 10.0. The molecule has 3 rings (SSSR count). The Hall–Kier alpha value is -2.46. The first-order chi connectivity index (χ1) is 9.79. The van der Waals surface area contributed by atoms with Crippen LogP contribution in [-0.2, 0) is 4.74 Å². The molecule has 0 saturated heterocycles. The molecule has 20 heavy (non-hydrogen) atoms. The molecular weight excluding hydrogens is 250 g/mol. The molecule has 100 valence electrons. The monoisotopic (exact) mass is 265 g/mol. The summed E-state index contributed by atoms with van der Waals surface area (Å²) < 4.78 is 5.00.